The maximum absolute atomic E-state index is 11.5. The van der Waals surface area contributed by atoms with Gasteiger partial charge in [-0.3, -0.25) is 4.79 Å². The molecule has 1 aliphatic heterocycles. The van der Waals surface area contributed by atoms with Gasteiger partial charge in [-0.15, -0.1) is 0 Å². The fourth-order valence-electron chi connectivity index (χ4n) is 2.81. The van der Waals surface area contributed by atoms with Gasteiger partial charge >= 0.3 is 5.97 Å². The van der Waals surface area contributed by atoms with Crippen molar-refractivity contribution < 1.29 is 14.3 Å². The lowest BCUT2D eigenvalue weighted by Gasteiger charge is -2.29. The van der Waals surface area contributed by atoms with Crippen molar-refractivity contribution in [3.63, 3.8) is 0 Å². The molecular formula is C12H20O3. The maximum atomic E-state index is 11.5. The van der Waals surface area contributed by atoms with Crippen LogP contribution < -0.4 is 0 Å². The SMILES string of the molecule is COC(=O)CC1(C2CO2)CCCCCC1. The van der Waals surface area contributed by atoms with E-state index in [0.717, 1.165) is 19.4 Å². The van der Waals surface area contributed by atoms with Gasteiger partial charge in [-0.1, -0.05) is 25.7 Å². The third kappa shape index (κ3) is 2.51. The first-order chi connectivity index (χ1) is 7.27. The van der Waals surface area contributed by atoms with Crippen LogP contribution in [0.2, 0.25) is 0 Å². The summed E-state index contributed by atoms with van der Waals surface area (Å²) >= 11 is 0. The van der Waals surface area contributed by atoms with E-state index in [-0.39, 0.29) is 11.4 Å². The van der Waals surface area contributed by atoms with Gasteiger partial charge in [0.25, 0.3) is 0 Å². The Kier molecular flexibility index (Phi) is 3.29. The Bertz CT molecular complexity index is 225. The minimum absolute atomic E-state index is 0.0765. The summed E-state index contributed by atoms with van der Waals surface area (Å²) < 4.78 is 10.2. The molecule has 0 amide bonds. The van der Waals surface area contributed by atoms with Crippen molar-refractivity contribution in [1.29, 1.82) is 0 Å². The molecule has 2 aliphatic rings. The third-order valence-electron chi connectivity index (χ3n) is 3.84. The van der Waals surface area contributed by atoms with E-state index < -0.39 is 0 Å². The first kappa shape index (κ1) is 10.9. The minimum atomic E-state index is -0.0765. The Morgan fingerprint density at radius 2 is 1.93 bits per heavy atom. The van der Waals surface area contributed by atoms with Crippen LogP contribution in [0.3, 0.4) is 0 Å². The average molecular weight is 212 g/mol. The van der Waals surface area contributed by atoms with Gasteiger partial charge in [0.15, 0.2) is 0 Å². The fourth-order valence-corrected chi connectivity index (χ4v) is 2.81. The molecule has 1 saturated heterocycles. The summed E-state index contributed by atoms with van der Waals surface area (Å²) in [5.74, 6) is -0.0765. The lowest BCUT2D eigenvalue weighted by Crippen LogP contribution is -2.30. The van der Waals surface area contributed by atoms with E-state index in [0.29, 0.717) is 12.5 Å². The highest BCUT2D eigenvalue weighted by atomic mass is 16.6. The average Bonchev–Trinajstić information content (AvgIpc) is 3.04. The number of esters is 1. The quantitative estimate of drug-likeness (QED) is 0.409. The van der Waals surface area contributed by atoms with E-state index in [1.807, 2.05) is 0 Å². The van der Waals surface area contributed by atoms with Crippen LogP contribution in [0, 0.1) is 5.41 Å². The van der Waals surface area contributed by atoms with E-state index in [1.165, 1.54) is 32.8 Å². The van der Waals surface area contributed by atoms with Crippen LogP contribution in [0.15, 0.2) is 0 Å². The van der Waals surface area contributed by atoms with Gasteiger partial charge in [-0.05, 0) is 12.8 Å². The third-order valence-corrected chi connectivity index (χ3v) is 3.84. The summed E-state index contributed by atoms with van der Waals surface area (Å²) in [6, 6.07) is 0. The van der Waals surface area contributed by atoms with E-state index >= 15 is 0 Å². The summed E-state index contributed by atoms with van der Waals surface area (Å²) in [4.78, 5) is 11.5. The molecule has 0 bridgehead atoms. The molecular weight excluding hydrogens is 192 g/mol. The Morgan fingerprint density at radius 1 is 1.33 bits per heavy atom. The molecule has 2 fully saturated rings. The van der Waals surface area contributed by atoms with E-state index in [4.69, 9.17) is 9.47 Å². The van der Waals surface area contributed by atoms with Gasteiger partial charge in [0.2, 0.25) is 0 Å². The summed E-state index contributed by atoms with van der Waals surface area (Å²) in [5.41, 5.74) is 0.101. The number of methoxy groups -OCH3 is 1. The van der Waals surface area contributed by atoms with Gasteiger partial charge < -0.3 is 9.47 Å². The van der Waals surface area contributed by atoms with Crippen LogP contribution in [-0.2, 0) is 14.3 Å². The molecule has 86 valence electrons. The molecule has 0 radical (unpaired) electrons. The van der Waals surface area contributed by atoms with Crippen LogP contribution in [0.5, 0.6) is 0 Å². The van der Waals surface area contributed by atoms with Crippen molar-refractivity contribution in [2.45, 2.75) is 51.0 Å². The van der Waals surface area contributed by atoms with Crippen molar-refractivity contribution in [3.05, 3.63) is 0 Å². The Hall–Kier alpha value is -0.570. The summed E-state index contributed by atoms with van der Waals surface area (Å²) in [6.07, 6.45) is 8.21. The molecule has 1 unspecified atom stereocenters. The predicted octanol–water partition coefficient (Wildman–Crippen LogP) is 2.29. The van der Waals surface area contributed by atoms with Gasteiger partial charge in [0.1, 0.15) is 0 Å². The number of carbonyl (C=O) groups excluding carboxylic acids is 1. The molecule has 3 nitrogen and oxygen atoms in total. The Morgan fingerprint density at radius 3 is 2.40 bits per heavy atom. The van der Waals surface area contributed by atoms with Crippen molar-refractivity contribution >= 4 is 5.97 Å². The molecule has 0 N–H and O–H groups in total. The second kappa shape index (κ2) is 4.52. The molecule has 0 spiro atoms. The normalized spacial score (nSPS) is 29.3. The molecule has 1 atom stereocenters. The first-order valence-corrected chi connectivity index (χ1v) is 5.95. The van der Waals surface area contributed by atoms with Crippen molar-refractivity contribution in [2.24, 2.45) is 5.41 Å². The van der Waals surface area contributed by atoms with Gasteiger partial charge in [-0.25, -0.2) is 0 Å². The highest BCUT2D eigenvalue weighted by Gasteiger charge is 2.47. The van der Waals surface area contributed by atoms with Crippen LogP contribution >= 0.6 is 0 Å². The maximum Gasteiger partial charge on any atom is 0.306 e. The predicted molar refractivity (Wildman–Crippen MR) is 56.5 cm³/mol. The van der Waals surface area contributed by atoms with Crippen molar-refractivity contribution in [2.75, 3.05) is 13.7 Å². The lowest BCUT2D eigenvalue weighted by molar-refractivity contribution is -0.144. The van der Waals surface area contributed by atoms with E-state index in [1.54, 1.807) is 0 Å². The van der Waals surface area contributed by atoms with Gasteiger partial charge in [0, 0.05) is 5.41 Å². The van der Waals surface area contributed by atoms with Crippen LogP contribution in [0.4, 0.5) is 0 Å². The zero-order chi connectivity index (χ0) is 10.7. The van der Waals surface area contributed by atoms with E-state index in [2.05, 4.69) is 0 Å². The van der Waals surface area contributed by atoms with Crippen molar-refractivity contribution in [1.82, 2.24) is 0 Å². The molecule has 0 aromatic rings. The number of epoxide rings is 1. The second-order valence-electron chi connectivity index (χ2n) is 4.85. The molecule has 1 aliphatic carbocycles. The molecule has 3 heteroatoms. The summed E-state index contributed by atoms with van der Waals surface area (Å²) in [6.45, 7) is 0.844. The summed E-state index contributed by atoms with van der Waals surface area (Å²) in [7, 11) is 1.47. The number of rotatable bonds is 3. The summed E-state index contributed by atoms with van der Waals surface area (Å²) in [5, 5.41) is 0. The molecule has 1 saturated carbocycles. The van der Waals surface area contributed by atoms with Gasteiger partial charge in [-0.2, -0.15) is 0 Å². The second-order valence-corrected chi connectivity index (χ2v) is 4.85. The topological polar surface area (TPSA) is 38.8 Å². The number of hydrogen-bond donors (Lipinski definition) is 0. The van der Waals surface area contributed by atoms with Crippen molar-refractivity contribution in [3.8, 4) is 0 Å². The molecule has 0 aromatic heterocycles. The monoisotopic (exact) mass is 212 g/mol. The van der Waals surface area contributed by atoms with Gasteiger partial charge in [0.05, 0.1) is 26.2 Å². The Labute approximate surface area is 91.1 Å². The minimum Gasteiger partial charge on any atom is -0.469 e. The smallest absolute Gasteiger partial charge is 0.306 e. The molecule has 2 rings (SSSR count). The highest BCUT2D eigenvalue weighted by molar-refractivity contribution is 5.70. The number of hydrogen-bond acceptors (Lipinski definition) is 3. The number of carbonyl (C=O) groups is 1. The zero-order valence-electron chi connectivity index (χ0n) is 9.46. The largest absolute Gasteiger partial charge is 0.469 e. The molecule has 1 heterocycles. The lowest BCUT2D eigenvalue weighted by atomic mass is 9.75. The zero-order valence-corrected chi connectivity index (χ0v) is 9.46. The first-order valence-electron chi connectivity index (χ1n) is 5.95. The standard InChI is InChI=1S/C12H20O3/c1-14-11(13)8-12(10-9-15-10)6-4-2-3-5-7-12/h10H,2-9H2,1H3. The van der Waals surface area contributed by atoms with Crippen LogP contribution in [-0.4, -0.2) is 25.8 Å². The number of ether oxygens (including phenoxy) is 2. The molecule has 15 heavy (non-hydrogen) atoms. The molecule has 0 aromatic carbocycles. The van der Waals surface area contributed by atoms with E-state index in [9.17, 15) is 4.79 Å². The Balaban J connectivity index is 2.03. The van der Waals surface area contributed by atoms with Crippen LogP contribution in [0.25, 0.3) is 0 Å². The highest BCUT2D eigenvalue weighted by Crippen LogP contribution is 2.46. The fraction of sp³-hybridized carbons (Fsp3) is 0.917. The van der Waals surface area contributed by atoms with Crippen LogP contribution in [0.1, 0.15) is 44.9 Å².